The Bertz CT molecular complexity index is 1180. The summed E-state index contributed by atoms with van der Waals surface area (Å²) in [7, 11) is 0. The monoisotopic (exact) mass is 445 g/mol. The van der Waals surface area contributed by atoms with Crippen molar-refractivity contribution in [2.24, 2.45) is 0 Å². The quantitative estimate of drug-likeness (QED) is 0.538. The van der Waals surface area contributed by atoms with E-state index in [1.54, 1.807) is 11.4 Å². The van der Waals surface area contributed by atoms with E-state index in [9.17, 15) is 33.0 Å². The maximum absolute atomic E-state index is 13.2. The van der Waals surface area contributed by atoms with Crippen LogP contribution in [0.3, 0.4) is 0 Å². The van der Waals surface area contributed by atoms with E-state index in [2.05, 4.69) is 0 Å². The second-order valence-electron chi connectivity index (χ2n) is 6.79. The molecule has 3 aromatic rings. The Morgan fingerprint density at radius 1 is 1.00 bits per heavy atom. The van der Waals surface area contributed by atoms with Crippen molar-refractivity contribution >= 4 is 28.7 Å². The number of anilines is 1. The standard InChI is InChI=1S/C22H14F3NO4S/c23-22(24,25)13-3-1-4-14(11-13)26-18(12-6-8-15(27)9-7-12)17(20(29)21(26)30)19(28)16-5-2-10-31-16/h1-11,18,27,29H. The minimum Gasteiger partial charge on any atom is -0.508 e. The number of rotatable bonds is 4. The van der Waals surface area contributed by atoms with Gasteiger partial charge in [0.25, 0.3) is 5.91 Å². The molecule has 0 radical (unpaired) electrons. The molecule has 2 aromatic carbocycles. The number of alkyl halides is 3. The molecule has 1 aromatic heterocycles. The summed E-state index contributed by atoms with van der Waals surface area (Å²) >= 11 is 1.11. The summed E-state index contributed by atoms with van der Waals surface area (Å²) in [6.45, 7) is 0. The highest BCUT2D eigenvalue weighted by atomic mass is 32.1. The number of nitrogens with zero attached hydrogens (tertiary/aromatic N) is 1. The number of phenols is 1. The zero-order valence-electron chi connectivity index (χ0n) is 15.6. The predicted octanol–water partition coefficient (Wildman–Crippen LogP) is 5.26. The summed E-state index contributed by atoms with van der Waals surface area (Å²) < 4.78 is 39.7. The van der Waals surface area contributed by atoms with Crippen LogP contribution in [0.4, 0.5) is 18.9 Å². The van der Waals surface area contributed by atoms with Crippen molar-refractivity contribution in [3.05, 3.63) is 93.4 Å². The third kappa shape index (κ3) is 3.68. The molecule has 1 aliphatic heterocycles. The summed E-state index contributed by atoms with van der Waals surface area (Å²) in [5, 5.41) is 21.8. The molecule has 2 N–H and O–H groups in total. The lowest BCUT2D eigenvalue weighted by molar-refractivity contribution is -0.137. The fourth-order valence-electron chi connectivity index (χ4n) is 3.45. The number of aliphatic hydroxyl groups excluding tert-OH is 1. The summed E-state index contributed by atoms with van der Waals surface area (Å²) in [4.78, 5) is 27.3. The van der Waals surface area contributed by atoms with Gasteiger partial charge in [-0.05, 0) is 47.3 Å². The number of hydrogen-bond donors (Lipinski definition) is 2. The van der Waals surface area contributed by atoms with E-state index >= 15 is 0 Å². The first kappa shape index (κ1) is 20.7. The largest absolute Gasteiger partial charge is 0.508 e. The van der Waals surface area contributed by atoms with Crippen molar-refractivity contribution in [3.63, 3.8) is 0 Å². The highest BCUT2D eigenvalue weighted by Gasteiger charge is 2.45. The van der Waals surface area contributed by atoms with Gasteiger partial charge in [-0.1, -0.05) is 24.3 Å². The van der Waals surface area contributed by atoms with Gasteiger partial charge in [0.2, 0.25) is 5.78 Å². The highest BCUT2D eigenvalue weighted by molar-refractivity contribution is 7.12. The van der Waals surface area contributed by atoms with Crippen LogP contribution in [0.5, 0.6) is 5.75 Å². The lowest BCUT2D eigenvalue weighted by Gasteiger charge is -2.27. The van der Waals surface area contributed by atoms with Crippen molar-refractivity contribution in [3.8, 4) is 5.75 Å². The number of Topliss-reactive ketones (excluding diaryl/α,β-unsaturated/α-hetero) is 1. The van der Waals surface area contributed by atoms with Crippen molar-refractivity contribution in [1.82, 2.24) is 0 Å². The van der Waals surface area contributed by atoms with Gasteiger partial charge in [0.1, 0.15) is 5.75 Å². The molecule has 0 saturated carbocycles. The average molecular weight is 445 g/mol. The van der Waals surface area contributed by atoms with Gasteiger partial charge in [-0.25, -0.2) is 0 Å². The second kappa shape index (κ2) is 7.59. The molecular weight excluding hydrogens is 431 g/mol. The molecule has 1 atom stereocenters. The Morgan fingerprint density at radius 3 is 2.32 bits per heavy atom. The van der Waals surface area contributed by atoms with Crippen LogP contribution in [0.25, 0.3) is 0 Å². The summed E-state index contributed by atoms with van der Waals surface area (Å²) in [5.74, 6) is -2.49. The zero-order chi connectivity index (χ0) is 22.3. The lowest BCUT2D eigenvalue weighted by atomic mass is 9.95. The van der Waals surface area contributed by atoms with Gasteiger partial charge >= 0.3 is 6.18 Å². The lowest BCUT2D eigenvalue weighted by Crippen LogP contribution is -2.31. The Morgan fingerprint density at radius 2 is 1.71 bits per heavy atom. The Balaban J connectivity index is 1.88. The van der Waals surface area contributed by atoms with Crippen LogP contribution in [0.1, 0.15) is 26.8 Å². The van der Waals surface area contributed by atoms with E-state index in [0.717, 1.165) is 34.4 Å². The zero-order valence-corrected chi connectivity index (χ0v) is 16.4. The number of aromatic hydroxyl groups is 1. The number of carbonyl (C=O) groups is 2. The van der Waals surface area contributed by atoms with Crippen LogP contribution in [0, 0.1) is 0 Å². The minimum absolute atomic E-state index is 0.0713. The normalized spacial score (nSPS) is 16.8. The van der Waals surface area contributed by atoms with Crippen LogP contribution in [0.15, 0.2) is 77.4 Å². The number of benzene rings is 2. The molecule has 4 rings (SSSR count). The van der Waals surface area contributed by atoms with Gasteiger partial charge in [-0.3, -0.25) is 14.5 Å². The molecule has 5 nitrogen and oxygen atoms in total. The molecule has 31 heavy (non-hydrogen) atoms. The van der Waals surface area contributed by atoms with E-state index in [0.29, 0.717) is 5.56 Å². The van der Waals surface area contributed by atoms with Crippen LogP contribution >= 0.6 is 11.3 Å². The summed E-state index contributed by atoms with van der Waals surface area (Å²) in [6, 6.07) is 11.6. The smallest absolute Gasteiger partial charge is 0.416 e. The molecule has 158 valence electrons. The van der Waals surface area contributed by atoms with Crippen LogP contribution in [-0.4, -0.2) is 21.9 Å². The predicted molar refractivity (Wildman–Crippen MR) is 108 cm³/mol. The van der Waals surface area contributed by atoms with Crippen LogP contribution in [-0.2, 0) is 11.0 Å². The SMILES string of the molecule is O=C(C1=C(O)C(=O)N(c2cccc(C(F)(F)F)c2)C1c1ccc(O)cc1)c1cccs1. The minimum atomic E-state index is -4.64. The maximum Gasteiger partial charge on any atom is 0.416 e. The molecule has 9 heteroatoms. The number of carbonyl (C=O) groups excluding carboxylic acids is 2. The van der Waals surface area contributed by atoms with Gasteiger partial charge in [0.15, 0.2) is 5.76 Å². The van der Waals surface area contributed by atoms with E-state index in [-0.39, 0.29) is 21.9 Å². The summed E-state index contributed by atoms with van der Waals surface area (Å²) in [5.41, 5.74) is -0.999. The molecule has 1 amide bonds. The number of thiophene rings is 1. The van der Waals surface area contributed by atoms with Crippen molar-refractivity contribution in [2.75, 3.05) is 4.90 Å². The number of hydrogen-bond acceptors (Lipinski definition) is 5. The highest BCUT2D eigenvalue weighted by Crippen LogP contribution is 2.43. The van der Waals surface area contributed by atoms with Crippen molar-refractivity contribution < 1.29 is 33.0 Å². The number of phenolic OH excluding ortho intramolecular Hbond substituents is 1. The molecule has 1 aliphatic rings. The molecule has 0 spiro atoms. The van der Waals surface area contributed by atoms with Crippen LogP contribution < -0.4 is 4.90 Å². The van der Waals surface area contributed by atoms with Gasteiger partial charge in [-0.2, -0.15) is 13.2 Å². The van der Waals surface area contributed by atoms with Crippen molar-refractivity contribution in [2.45, 2.75) is 12.2 Å². The van der Waals surface area contributed by atoms with Gasteiger partial charge in [-0.15, -0.1) is 11.3 Å². The first-order valence-electron chi connectivity index (χ1n) is 8.99. The van der Waals surface area contributed by atoms with Crippen LogP contribution in [0.2, 0.25) is 0 Å². The Kier molecular flexibility index (Phi) is 5.06. The van der Waals surface area contributed by atoms with E-state index < -0.39 is 35.2 Å². The fourth-order valence-corrected chi connectivity index (χ4v) is 4.13. The molecule has 1 unspecified atom stereocenters. The molecule has 0 fully saturated rings. The molecule has 2 heterocycles. The number of amides is 1. The number of halogens is 3. The first-order chi connectivity index (χ1) is 14.7. The molecule has 0 aliphatic carbocycles. The fraction of sp³-hybridized carbons (Fsp3) is 0.0909. The van der Waals surface area contributed by atoms with Gasteiger partial charge in [0.05, 0.1) is 22.1 Å². The van der Waals surface area contributed by atoms with E-state index in [4.69, 9.17) is 0 Å². The maximum atomic E-state index is 13.2. The molecule has 0 bridgehead atoms. The average Bonchev–Trinajstić information content (AvgIpc) is 3.35. The Labute approximate surface area is 178 Å². The van der Waals surface area contributed by atoms with Crippen molar-refractivity contribution in [1.29, 1.82) is 0 Å². The molecule has 0 saturated heterocycles. The van der Waals surface area contributed by atoms with Gasteiger partial charge in [0, 0.05) is 5.69 Å². The number of aliphatic hydroxyl groups is 1. The third-order valence-electron chi connectivity index (χ3n) is 4.86. The molecular formula is C22H14F3NO4S. The van der Waals surface area contributed by atoms with E-state index in [1.165, 1.54) is 36.4 Å². The first-order valence-corrected chi connectivity index (χ1v) is 9.87. The topological polar surface area (TPSA) is 77.8 Å². The second-order valence-corrected chi connectivity index (χ2v) is 7.73. The number of ketones is 1. The Hall–Kier alpha value is -3.59. The van der Waals surface area contributed by atoms with E-state index in [1.807, 2.05) is 0 Å². The van der Waals surface area contributed by atoms with Gasteiger partial charge < -0.3 is 10.2 Å². The third-order valence-corrected chi connectivity index (χ3v) is 5.73. The summed E-state index contributed by atoms with van der Waals surface area (Å²) in [6.07, 6.45) is -4.64.